The highest BCUT2D eigenvalue weighted by molar-refractivity contribution is 5.99. The fourth-order valence-electron chi connectivity index (χ4n) is 4.84. The van der Waals surface area contributed by atoms with Crippen molar-refractivity contribution in [2.75, 3.05) is 18.8 Å². The number of hydrogen-bond acceptors (Lipinski definition) is 6. The van der Waals surface area contributed by atoms with Gasteiger partial charge in [-0.1, -0.05) is 38.6 Å². The van der Waals surface area contributed by atoms with Crippen LogP contribution in [-0.2, 0) is 4.79 Å². The number of nitrogens with zero attached hydrogens (tertiary/aromatic N) is 5. The summed E-state index contributed by atoms with van der Waals surface area (Å²) in [5.74, 6) is 2.06. The van der Waals surface area contributed by atoms with Crippen molar-refractivity contribution < 1.29 is 9.53 Å². The number of piperidine rings is 1. The lowest BCUT2D eigenvalue weighted by atomic mass is 9.94. The molecule has 5 rings (SSSR count). The normalized spacial score (nSPS) is 15.9. The summed E-state index contributed by atoms with van der Waals surface area (Å²) in [7, 11) is 0. The molecule has 36 heavy (non-hydrogen) atoms. The molecule has 1 amide bonds. The zero-order chi connectivity index (χ0) is 25.2. The number of nitrogen functional groups attached to an aromatic ring is 1. The van der Waals surface area contributed by atoms with Crippen LogP contribution >= 0.6 is 0 Å². The van der Waals surface area contributed by atoms with Crippen LogP contribution in [0.4, 0.5) is 5.82 Å². The average Bonchev–Trinajstić information content (AvgIpc) is 3.29. The average molecular weight is 483 g/mol. The topological polar surface area (TPSA) is 99.2 Å². The largest absolute Gasteiger partial charge is 0.457 e. The molecule has 0 saturated carbocycles. The van der Waals surface area contributed by atoms with Crippen LogP contribution in [0.3, 0.4) is 0 Å². The molecule has 4 aromatic rings. The second-order valence-corrected chi connectivity index (χ2v) is 9.35. The molecule has 0 radical (unpaired) electrons. The molecule has 0 aliphatic carbocycles. The molecule has 2 N–H and O–H groups in total. The van der Waals surface area contributed by atoms with Gasteiger partial charge in [-0.15, -0.1) is 0 Å². The molecule has 1 aliphatic rings. The van der Waals surface area contributed by atoms with Crippen molar-refractivity contribution in [3.05, 3.63) is 73.1 Å². The van der Waals surface area contributed by atoms with Crippen molar-refractivity contribution in [1.29, 1.82) is 0 Å². The van der Waals surface area contributed by atoms with Crippen LogP contribution in [0.5, 0.6) is 11.5 Å². The highest BCUT2D eigenvalue weighted by Crippen LogP contribution is 2.39. The molecule has 0 bridgehead atoms. The fraction of sp³-hybridized carbons (Fsp3) is 0.286. The Bertz CT molecular complexity index is 1410. The second kappa shape index (κ2) is 9.81. The number of para-hydroxylation sites is 1. The third kappa shape index (κ3) is 4.42. The lowest BCUT2D eigenvalue weighted by Crippen LogP contribution is -2.40. The molecule has 3 heterocycles. The predicted octanol–water partition coefficient (Wildman–Crippen LogP) is 5.34. The van der Waals surface area contributed by atoms with Crippen molar-refractivity contribution >= 4 is 22.8 Å². The van der Waals surface area contributed by atoms with E-state index in [0.29, 0.717) is 24.6 Å². The molecule has 0 unspecified atom stereocenters. The Morgan fingerprint density at radius 1 is 1.17 bits per heavy atom. The molecular formula is C28H30N6O2. The van der Waals surface area contributed by atoms with E-state index in [2.05, 4.69) is 36.5 Å². The lowest BCUT2D eigenvalue weighted by Gasteiger charge is -2.32. The second-order valence-electron chi connectivity index (χ2n) is 9.35. The molecule has 8 nitrogen and oxygen atoms in total. The van der Waals surface area contributed by atoms with Crippen LogP contribution in [0.15, 0.2) is 67.5 Å². The van der Waals surface area contributed by atoms with E-state index in [4.69, 9.17) is 15.6 Å². The van der Waals surface area contributed by atoms with E-state index in [1.54, 1.807) is 0 Å². The Balaban J connectivity index is 1.60. The van der Waals surface area contributed by atoms with Gasteiger partial charge in [0.2, 0.25) is 5.91 Å². The molecule has 1 atom stereocenters. The van der Waals surface area contributed by atoms with Crippen molar-refractivity contribution in [3.63, 3.8) is 0 Å². The number of ether oxygens (including phenoxy) is 1. The maximum absolute atomic E-state index is 12.3. The number of amides is 1. The van der Waals surface area contributed by atoms with Gasteiger partial charge in [0, 0.05) is 18.7 Å². The summed E-state index contributed by atoms with van der Waals surface area (Å²) in [6, 6.07) is 15.7. The van der Waals surface area contributed by atoms with Gasteiger partial charge in [-0.05, 0) is 60.7 Å². The molecule has 1 saturated heterocycles. The van der Waals surface area contributed by atoms with Crippen LogP contribution < -0.4 is 10.5 Å². The highest BCUT2D eigenvalue weighted by atomic mass is 16.5. The standard InChI is InChI=1S/C28H30N6O2/c1-4-24(35)33-14-8-9-19(16-33)34-28-25(27(29)30-17-31-28)26(32-34)22-13-12-21(15-23(22)18(2)3)36-20-10-6-5-7-11-20/h4-7,10-13,15,17-19H,1,8-9,14,16H2,2-3H3,(H2,29,30,31)/t19-/m1/s1. The van der Waals surface area contributed by atoms with Gasteiger partial charge in [0.05, 0.1) is 11.4 Å². The monoisotopic (exact) mass is 482 g/mol. The number of carbonyl (C=O) groups excluding carboxylic acids is 1. The first-order valence-electron chi connectivity index (χ1n) is 12.2. The minimum Gasteiger partial charge on any atom is -0.457 e. The van der Waals surface area contributed by atoms with Gasteiger partial charge in [-0.2, -0.15) is 5.10 Å². The van der Waals surface area contributed by atoms with E-state index in [9.17, 15) is 4.79 Å². The summed E-state index contributed by atoms with van der Waals surface area (Å²) in [5.41, 5.74) is 9.85. The van der Waals surface area contributed by atoms with Gasteiger partial charge in [-0.25, -0.2) is 14.6 Å². The van der Waals surface area contributed by atoms with Crippen molar-refractivity contribution in [2.45, 2.75) is 38.6 Å². The first kappa shape index (κ1) is 23.5. The Morgan fingerprint density at radius 2 is 1.97 bits per heavy atom. The van der Waals surface area contributed by atoms with Crippen LogP contribution in [0.1, 0.15) is 44.2 Å². The van der Waals surface area contributed by atoms with E-state index in [1.165, 1.54) is 12.4 Å². The van der Waals surface area contributed by atoms with Crippen molar-refractivity contribution in [1.82, 2.24) is 24.6 Å². The number of hydrogen-bond donors (Lipinski definition) is 1. The van der Waals surface area contributed by atoms with Crippen molar-refractivity contribution in [2.24, 2.45) is 0 Å². The Labute approximate surface area is 210 Å². The maximum atomic E-state index is 12.3. The van der Waals surface area contributed by atoms with E-state index < -0.39 is 0 Å². The van der Waals surface area contributed by atoms with Crippen LogP contribution in [0.25, 0.3) is 22.3 Å². The van der Waals surface area contributed by atoms with E-state index >= 15 is 0 Å². The Kier molecular flexibility index (Phi) is 6.41. The number of benzene rings is 2. The van der Waals surface area contributed by atoms with Gasteiger partial charge in [0.1, 0.15) is 29.3 Å². The summed E-state index contributed by atoms with van der Waals surface area (Å²) in [6.45, 7) is 9.18. The molecule has 184 valence electrons. The zero-order valence-corrected chi connectivity index (χ0v) is 20.6. The predicted molar refractivity (Wildman–Crippen MR) is 141 cm³/mol. The summed E-state index contributed by atoms with van der Waals surface area (Å²) < 4.78 is 8.02. The van der Waals surface area contributed by atoms with Gasteiger partial charge < -0.3 is 15.4 Å². The van der Waals surface area contributed by atoms with Crippen LogP contribution in [0.2, 0.25) is 0 Å². The van der Waals surface area contributed by atoms with Crippen LogP contribution in [-0.4, -0.2) is 43.6 Å². The van der Waals surface area contributed by atoms with E-state index in [-0.39, 0.29) is 17.9 Å². The minimum absolute atomic E-state index is 0.0172. The minimum atomic E-state index is -0.0679. The van der Waals surface area contributed by atoms with Gasteiger partial charge >= 0.3 is 0 Å². The van der Waals surface area contributed by atoms with E-state index in [1.807, 2.05) is 52.0 Å². The molecule has 1 aliphatic heterocycles. The van der Waals surface area contributed by atoms with Crippen molar-refractivity contribution in [3.8, 4) is 22.8 Å². The fourth-order valence-corrected chi connectivity index (χ4v) is 4.84. The SMILES string of the molecule is C=CC(=O)N1CCC[C@@H](n2nc(-c3ccc(Oc4ccccc4)cc3C(C)C)c3c(N)ncnc32)C1. The van der Waals surface area contributed by atoms with E-state index in [0.717, 1.165) is 46.5 Å². The number of carbonyl (C=O) groups is 1. The molecule has 2 aromatic carbocycles. The maximum Gasteiger partial charge on any atom is 0.246 e. The Hall–Kier alpha value is -4.20. The summed E-state index contributed by atoms with van der Waals surface area (Å²) in [6.07, 6.45) is 4.60. The molecular weight excluding hydrogens is 452 g/mol. The van der Waals surface area contributed by atoms with Gasteiger partial charge in [0.15, 0.2) is 5.65 Å². The summed E-state index contributed by atoms with van der Waals surface area (Å²) in [5, 5.41) is 5.78. The number of fused-ring (bicyclic) bond motifs is 1. The third-order valence-corrected chi connectivity index (χ3v) is 6.63. The van der Waals surface area contributed by atoms with Gasteiger partial charge in [-0.3, -0.25) is 4.79 Å². The zero-order valence-electron chi connectivity index (χ0n) is 20.6. The molecule has 1 fully saturated rings. The molecule has 0 spiro atoms. The summed E-state index contributed by atoms with van der Waals surface area (Å²) in [4.78, 5) is 22.9. The lowest BCUT2D eigenvalue weighted by molar-refractivity contribution is -0.127. The Morgan fingerprint density at radius 3 is 2.72 bits per heavy atom. The number of aromatic nitrogens is 4. The number of rotatable bonds is 6. The quantitative estimate of drug-likeness (QED) is 0.372. The highest BCUT2D eigenvalue weighted by Gasteiger charge is 2.28. The molecule has 2 aromatic heterocycles. The number of anilines is 1. The van der Waals surface area contributed by atoms with Crippen LogP contribution in [0, 0.1) is 0 Å². The third-order valence-electron chi connectivity index (χ3n) is 6.63. The first-order chi connectivity index (χ1) is 17.5. The number of nitrogens with two attached hydrogens (primary N) is 1. The first-order valence-corrected chi connectivity index (χ1v) is 12.2. The number of likely N-dealkylation sites (tertiary alicyclic amines) is 1. The smallest absolute Gasteiger partial charge is 0.246 e. The summed E-state index contributed by atoms with van der Waals surface area (Å²) >= 11 is 0. The van der Waals surface area contributed by atoms with Gasteiger partial charge in [0.25, 0.3) is 0 Å². The molecule has 8 heteroatoms.